The molecule has 27 heavy (non-hydrogen) atoms. The van der Waals surface area contributed by atoms with Gasteiger partial charge in [0.1, 0.15) is 0 Å². The average molecular weight is 390 g/mol. The van der Waals surface area contributed by atoms with Crippen molar-refractivity contribution in [2.24, 2.45) is 0 Å². The summed E-state index contributed by atoms with van der Waals surface area (Å²) >= 11 is 0. The molecule has 1 heterocycles. The van der Waals surface area contributed by atoms with E-state index in [1.54, 1.807) is 55.1 Å². The van der Waals surface area contributed by atoms with Crippen LogP contribution in [0.3, 0.4) is 0 Å². The van der Waals surface area contributed by atoms with E-state index in [-0.39, 0.29) is 23.1 Å². The number of hydrogen-bond acceptors (Lipinski definition) is 4. The molecule has 1 N–H and O–H groups in total. The van der Waals surface area contributed by atoms with Crippen molar-refractivity contribution in [1.29, 1.82) is 0 Å². The van der Waals surface area contributed by atoms with Gasteiger partial charge in [0, 0.05) is 24.8 Å². The van der Waals surface area contributed by atoms with Crippen molar-refractivity contribution in [3.63, 3.8) is 0 Å². The molecule has 2 aromatic rings. The fraction of sp³-hybridized carbons (Fsp3) is 0.316. The lowest BCUT2D eigenvalue weighted by molar-refractivity contribution is -0.684. The zero-order valence-corrected chi connectivity index (χ0v) is 16.5. The Morgan fingerprint density at radius 3 is 2.44 bits per heavy atom. The molecule has 2 rings (SSSR count). The number of nitrogens with one attached hydrogen (secondary N) is 1. The first-order valence-corrected chi connectivity index (χ1v) is 10.1. The van der Waals surface area contributed by atoms with Gasteiger partial charge in [-0.15, -0.1) is 0 Å². The molecule has 0 bridgehead atoms. The van der Waals surface area contributed by atoms with Crippen LogP contribution in [-0.4, -0.2) is 37.5 Å². The Morgan fingerprint density at radius 2 is 1.81 bits per heavy atom. The van der Waals surface area contributed by atoms with Crippen molar-refractivity contribution in [1.82, 2.24) is 4.31 Å². The van der Waals surface area contributed by atoms with E-state index in [9.17, 15) is 18.0 Å². The number of hydrogen-bond donors (Lipinski definition) is 1. The minimum Gasteiger partial charge on any atom is -0.321 e. The average Bonchev–Trinajstić information content (AvgIpc) is 2.62. The number of benzene rings is 1. The van der Waals surface area contributed by atoms with Crippen LogP contribution in [0.5, 0.6) is 0 Å². The SMILES string of the molecule is CCN(CC)S(=O)(=O)c1cccc(NC(=O)C[n+]2cccc(C(C)=O)c2)c1. The third kappa shape index (κ3) is 5.21. The summed E-state index contributed by atoms with van der Waals surface area (Å²) in [6, 6.07) is 9.56. The third-order valence-corrected chi connectivity index (χ3v) is 6.10. The van der Waals surface area contributed by atoms with Gasteiger partial charge in [0.15, 0.2) is 18.2 Å². The topological polar surface area (TPSA) is 87.4 Å². The van der Waals surface area contributed by atoms with Gasteiger partial charge in [-0.25, -0.2) is 8.42 Å². The zero-order chi connectivity index (χ0) is 20.0. The highest BCUT2D eigenvalue weighted by Gasteiger charge is 2.22. The third-order valence-electron chi connectivity index (χ3n) is 4.05. The zero-order valence-electron chi connectivity index (χ0n) is 15.7. The van der Waals surface area contributed by atoms with Gasteiger partial charge in [0.25, 0.3) is 5.91 Å². The van der Waals surface area contributed by atoms with E-state index in [0.717, 1.165) is 0 Å². The predicted octanol–water partition coefficient (Wildman–Crippen LogP) is 1.85. The van der Waals surface area contributed by atoms with Crippen LogP contribution in [0, 0.1) is 0 Å². The predicted molar refractivity (Wildman–Crippen MR) is 102 cm³/mol. The van der Waals surface area contributed by atoms with E-state index in [2.05, 4.69) is 5.32 Å². The summed E-state index contributed by atoms with van der Waals surface area (Å²) in [6.45, 7) is 5.77. The molecule has 0 aliphatic carbocycles. The van der Waals surface area contributed by atoms with E-state index < -0.39 is 10.0 Å². The van der Waals surface area contributed by atoms with Crippen LogP contribution < -0.4 is 9.88 Å². The molecule has 0 atom stereocenters. The van der Waals surface area contributed by atoms with Gasteiger partial charge in [-0.05, 0) is 31.2 Å². The van der Waals surface area contributed by atoms with Crippen LogP contribution in [0.4, 0.5) is 5.69 Å². The molecule has 1 amide bonds. The summed E-state index contributed by atoms with van der Waals surface area (Å²) in [5, 5.41) is 2.70. The van der Waals surface area contributed by atoms with Crippen LogP contribution in [-0.2, 0) is 21.4 Å². The van der Waals surface area contributed by atoms with Crippen molar-refractivity contribution in [3.8, 4) is 0 Å². The molecule has 0 aliphatic heterocycles. The number of pyridine rings is 1. The summed E-state index contributed by atoms with van der Waals surface area (Å²) in [7, 11) is -3.59. The summed E-state index contributed by atoms with van der Waals surface area (Å²) in [4.78, 5) is 23.9. The molecule has 0 spiro atoms. The number of anilines is 1. The number of amides is 1. The number of aromatic nitrogens is 1. The summed E-state index contributed by atoms with van der Waals surface area (Å²) in [5.74, 6) is -0.405. The minimum atomic E-state index is -3.59. The molecule has 0 radical (unpaired) electrons. The van der Waals surface area contributed by atoms with Gasteiger partial charge in [0.05, 0.1) is 10.5 Å². The van der Waals surface area contributed by atoms with Crippen LogP contribution >= 0.6 is 0 Å². The molecule has 1 aromatic heterocycles. The maximum Gasteiger partial charge on any atom is 0.290 e. The lowest BCUT2D eigenvalue weighted by Crippen LogP contribution is -2.40. The highest BCUT2D eigenvalue weighted by atomic mass is 32.2. The largest absolute Gasteiger partial charge is 0.321 e. The van der Waals surface area contributed by atoms with Gasteiger partial charge in [0.2, 0.25) is 16.6 Å². The van der Waals surface area contributed by atoms with E-state index in [4.69, 9.17) is 0 Å². The maximum absolute atomic E-state index is 12.6. The molecule has 8 heteroatoms. The number of rotatable bonds is 8. The van der Waals surface area contributed by atoms with Gasteiger partial charge in [-0.2, -0.15) is 8.87 Å². The van der Waals surface area contributed by atoms with E-state index in [1.807, 2.05) is 0 Å². The first kappa shape index (κ1) is 20.7. The summed E-state index contributed by atoms with van der Waals surface area (Å²) < 4.78 is 28.2. The Hall–Kier alpha value is -2.58. The van der Waals surface area contributed by atoms with Crippen LogP contribution in [0.2, 0.25) is 0 Å². The molecule has 0 aliphatic rings. The Bertz CT molecular complexity index is 937. The number of carbonyl (C=O) groups is 2. The lowest BCUT2D eigenvalue weighted by atomic mass is 10.2. The monoisotopic (exact) mass is 390 g/mol. The van der Waals surface area contributed by atoms with Crippen molar-refractivity contribution < 1.29 is 22.6 Å². The fourth-order valence-corrected chi connectivity index (χ4v) is 4.15. The van der Waals surface area contributed by atoms with Gasteiger partial charge in [-0.1, -0.05) is 19.9 Å². The fourth-order valence-electron chi connectivity index (χ4n) is 2.64. The molecule has 144 valence electrons. The second-order valence-corrected chi connectivity index (χ2v) is 7.92. The van der Waals surface area contributed by atoms with Gasteiger partial charge >= 0.3 is 0 Å². The molecule has 7 nitrogen and oxygen atoms in total. The van der Waals surface area contributed by atoms with Crippen molar-refractivity contribution >= 4 is 27.4 Å². The Morgan fingerprint density at radius 1 is 1.11 bits per heavy atom. The number of carbonyl (C=O) groups excluding carboxylic acids is 2. The van der Waals surface area contributed by atoms with E-state index in [0.29, 0.717) is 24.3 Å². The number of ketones is 1. The highest BCUT2D eigenvalue weighted by Crippen LogP contribution is 2.19. The van der Waals surface area contributed by atoms with Gasteiger partial charge < -0.3 is 5.32 Å². The second-order valence-electron chi connectivity index (χ2n) is 5.99. The number of nitrogens with zero attached hydrogens (tertiary/aromatic N) is 2. The molecule has 0 saturated heterocycles. The Labute approximate surface area is 159 Å². The van der Waals surface area contributed by atoms with Crippen LogP contribution in [0.25, 0.3) is 0 Å². The first-order chi connectivity index (χ1) is 12.8. The van der Waals surface area contributed by atoms with Gasteiger partial charge in [-0.3, -0.25) is 9.59 Å². The first-order valence-electron chi connectivity index (χ1n) is 8.68. The number of Topliss-reactive ketones (excluding diaryl/α,β-unsaturated/α-hetero) is 1. The van der Waals surface area contributed by atoms with Crippen molar-refractivity contribution in [3.05, 3.63) is 54.4 Å². The summed E-state index contributed by atoms with van der Waals surface area (Å²) in [6.07, 6.45) is 3.29. The smallest absolute Gasteiger partial charge is 0.290 e. The van der Waals surface area contributed by atoms with Crippen molar-refractivity contribution in [2.45, 2.75) is 32.2 Å². The molecular weight excluding hydrogens is 366 g/mol. The normalized spacial score (nSPS) is 11.4. The minimum absolute atomic E-state index is 0.00808. The van der Waals surface area contributed by atoms with E-state index in [1.165, 1.54) is 23.4 Å². The second kappa shape index (κ2) is 8.88. The lowest BCUT2D eigenvalue weighted by Gasteiger charge is -2.18. The number of sulfonamides is 1. The Balaban J connectivity index is 2.15. The molecule has 0 saturated carbocycles. The maximum atomic E-state index is 12.6. The molecule has 0 unspecified atom stereocenters. The van der Waals surface area contributed by atoms with Crippen LogP contribution in [0.1, 0.15) is 31.1 Å². The summed E-state index contributed by atoms with van der Waals surface area (Å²) in [5.41, 5.74) is 0.911. The molecular formula is C19H24N3O4S+. The highest BCUT2D eigenvalue weighted by molar-refractivity contribution is 7.89. The quantitative estimate of drug-likeness (QED) is 0.550. The van der Waals surface area contributed by atoms with E-state index >= 15 is 0 Å². The standard InChI is InChI=1S/C19H23N3O4S/c1-4-22(5-2)27(25,26)18-10-6-9-17(12-18)20-19(24)14-21-11-7-8-16(13-21)15(3)23/h6-13H,4-5,14H2,1-3H3/p+1. The molecule has 1 aromatic carbocycles. The van der Waals surface area contributed by atoms with Crippen LogP contribution in [0.15, 0.2) is 53.7 Å². The Kier molecular flexibility index (Phi) is 6.81. The van der Waals surface area contributed by atoms with Crippen molar-refractivity contribution in [2.75, 3.05) is 18.4 Å². The molecule has 0 fully saturated rings.